The quantitative estimate of drug-likeness (QED) is 0.807. The maximum atomic E-state index is 12.0. The van der Waals surface area contributed by atoms with Crippen LogP contribution in [0.5, 0.6) is 0 Å². The number of halogens is 1. The molecular formula is C17H27ClN2O2. The summed E-state index contributed by atoms with van der Waals surface area (Å²) >= 11 is 0. The van der Waals surface area contributed by atoms with Crippen molar-refractivity contribution >= 4 is 24.0 Å². The Morgan fingerprint density at radius 3 is 2.95 bits per heavy atom. The van der Waals surface area contributed by atoms with E-state index in [-0.39, 0.29) is 24.4 Å². The van der Waals surface area contributed by atoms with Gasteiger partial charge in [-0.2, -0.15) is 0 Å². The summed E-state index contributed by atoms with van der Waals surface area (Å²) in [5.74, 6) is 0.755. The topological polar surface area (TPSA) is 50.4 Å². The van der Waals surface area contributed by atoms with Crippen LogP contribution >= 0.6 is 12.4 Å². The zero-order valence-corrected chi connectivity index (χ0v) is 14.2. The lowest BCUT2D eigenvalue weighted by Gasteiger charge is -2.11. The highest BCUT2D eigenvalue weighted by Gasteiger charge is 2.15. The van der Waals surface area contributed by atoms with Crippen LogP contribution in [-0.2, 0) is 16.1 Å². The maximum absolute atomic E-state index is 12.0. The van der Waals surface area contributed by atoms with E-state index >= 15 is 0 Å². The molecule has 0 bridgehead atoms. The molecule has 1 unspecified atom stereocenters. The van der Waals surface area contributed by atoms with Gasteiger partial charge in [0, 0.05) is 12.1 Å². The molecule has 1 aromatic carbocycles. The van der Waals surface area contributed by atoms with E-state index in [1.54, 1.807) is 0 Å². The van der Waals surface area contributed by atoms with E-state index in [0.717, 1.165) is 30.8 Å². The van der Waals surface area contributed by atoms with Gasteiger partial charge in [0.25, 0.3) is 0 Å². The van der Waals surface area contributed by atoms with E-state index in [1.807, 2.05) is 38.1 Å². The molecule has 0 aliphatic carbocycles. The Kier molecular flexibility index (Phi) is 8.46. The number of benzene rings is 1. The first-order chi connectivity index (χ1) is 10.1. The summed E-state index contributed by atoms with van der Waals surface area (Å²) in [4.78, 5) is 12.0. The molecule has 0 saturated carbocycles. The molecule has 1 aliphatic rings. The zero-order chi connectivity index (χ0) is 15.1. The molecule has 1 amide bonds. The fourth-order valence-corrected chi connectivity index (χ4v) is 2.52. The van der Waals surface area contributed by atoms with E-state index in [1.165, 1.54) is 6.42 Å². The number of amides is 1. The molecule has 124 valence electrons. The van der Waals surface area contributed by atoms with E-state index in [0.29, 0.717) is 18.9 Å². The first kappa shape index (κ1) is 18.9. The minimum Gasteiger partial charge on any atom is -0.374 e. The molecule has 1 aliphatic heterocycles. The summed E-state index contributed by atoms with van der Waals surface area (Å²) in [5.41, 5.74) is 1.94. The van der Waals surface area contributed by atoms with E-state index in [2.05, 4.69) is 10.6 Å². The lowest BCUT2D eigenvalue weighted by molar-refractivity contribution is -0.116. The van der Waals surface area contributed by atoms with Crippen LogP contribution in [0.1, 0.15) is 38.7 Å². The average Bonchev–Trinajstić information content (AvgIpc) is 2.97. The predicted molar refractivity (Wildman–Crippen MR) is 92.5 cm³/mol. The molecule has 4 nitrogen and oxygen atoms in total. The van der Waals surface area contributed by atoms with Crippen molar-refractivity contribution in [2.24, 2.45) is 5.92 Å². The van der Waals surface area contributed by atoms with Crippen molar-refractivity contribution in [3.05, 3.63) is 29.8 Å². The predicted octanol–water partition coefficient (Wildman–Crippen LogP) is 3.36. The Hall–Kier alpha value is -1.10. The third kappa shape index (κ3) is 6.77. The number of hydrogen-bond donors (Lipinski definition) is 2. The molecule has 5 heteroatoms. The highest BCUT2D eigenvalue weighted by atomic mass is 35.5. The lowest BCUT2D eigenvalue weighted by atomic mass is 10.0. The Balaban J connectivity index is 0.00000242. The third-order valence-corrected chi connectivity index (χ3v) is 3.74. The van der Waals surface area contributed by atoms with Crippen LogP contribution in [0.3, 0.4) is 0 Å². The van der Waals surface area contributed by atoms with Crippen molar-refractivity contribution in [2.45, 2.75) is 45.8 Å². The van der Waals surface area contributed by atoms with E-state index < -0.39 is 0 Å². The van der Waals surface area contributed by atoms with Crippen LogP contribution in [0.2, 0.25) is 0 Å². The fourth-order valence-electron chi connectivity index (χ4n) is 2.52. The molecule has 0 spiro atoms. The molecule has 0 aromatic heterocycles. The first-order valence-corrected chi connectivity index (χ1v) is 7.84. The van der Waals surface area contributed by atoms with Gasteiger partial charge >= 0.3 is 0 Å². The number of ether oxygens (including phenoxy) is 1. The van der Waals surface area contributed by atoms with Crippen LogP contribution in [0.4, 0.5) is 5.69 Å². The number of rotatable bonds is 7. The van der Waals surface area contributed by atoms with Crippen molar-refractivity contribution in [3.8, 4) is 0 Å². The van der Waals surface area contributed by atoms with Gasteiger partial charge < -0.3 is 15.4 Å². The van der Waals surface area contributed by atoms with Crippen molar-refractivity contribution in [1.82, 2.24) is 5.32 Å². The number of carbonyl (C=O) groups excluding carboxylic acids is 1. The van der Waals surface area contributed by atoms with Crippen molar-refractivity contribution in [1.29, 1.82) is 0 Å². The lowest BCUT2D eigenvalue weighted by Crippen LogP contribution is -2.15. The van der Waals surface area contributed by atoms with Gasteiger partial charge in [-0.05, 0) is 63.4 Å². The molecule has 2 N–H and O–H groups in total. The van der Waals surface area contributed by atoms with Crippen LogP contribution in [0.15, 0.2) is 24.3 Å². The summed E-state index contributed by atoms with van der Waals surface area (Å²) < 4.78 is 5.58. The van der Waals surface area contributed by atoms with Gasteiger partial charge in [0.15, 0.2) is 0 Å². The van der Waals surface area contributed by atoms with Gasteiger partial charge in [0.2, 0.25) is 5.91 Å². The second-order valence-electron chi connectivity index (χ2n) is 6.01. The summed E-state index contributed by atoms with van der Waals surface area (Å²) in [6.45, 7) is 6.75. The molecule has 1 atom stereocenters. The van der Waals surface area contributed by atoms with E-state index in [4.69, 9.17) is 4.74 Å². The Morgan fingerprint density at radius 2 is 2.27 bits per heavy atom. The van der Waals surface area contributed by atoms with Gasteiger partial charge in [0.05, 0.1) is 12.7 Å². The SMILES string of the molecule is CC(C)OCc1cccc(NC(=O)CCC2CCNC2)c1.Cl. The van der Waals surface area contributed by atoms with Crippen LogP contribution in [0.25, 0.3) is 0 Å². The van der Waals surface area contributed by atoms with E-state index in [9.17, 15) is 4.79 Å². The van der Waals surface area contributed by atoms with Gasteiger partial charge in [0.1, 0.15) is 0 Å². The highest BCUT2D eigenvalue weighted by Crippen LogP contribution is 2.16. The van der Waals surface area contributed by atoms with Gasteiger partial charge in [-0.25, -0.2) is 0 Å². The summed E-state index contributed by atoms with van der Waals surface area (Å²) in [6.07, 6.45) is 2.96. The largest absolute Gasteiger partial charge is 0.374 e. The van der Waals surface area contributed by atoms with Gasteiger partial charge in [-0.15, -0.1) is 12.4 Å². The minimum absolute atomic E-state index is 0. The molecular weight excluding hydrogens is 300 g/mol. The monoisotopic (exact) mass is 326 g/mol. The molecule has 0 radical (unpaired) electrons. The smallest absolute Gasteiger partial charge is 0.224 e. The summed E-state index contributed by atoms with van der Waals surface area (Å²) in [7, 11) is 0. The zero-order valence-electron chi connectivity index (χ0n) is 13.4. The minimum atomic E-state index is 0. The van der Waals surface area contributed by atoms with Crippen LogP contribution < -0.4 is 10.6 Å². The van der Waals surface area contributed by atoms with Gasteiger partial charge in [-0.1, -0.05) is 12.1 Å². The highest BCUT2D eigenvalue weighted by molar-refractivity contribution is 5.90. The molecule has 1 saturated heterocycles. The average molecular weight is 327 g/mol. The number of hydrogen-bond acceptors (Lipinski definition) is 3. The molecule has 1 heterocycles. The normalized spacial score (nSPS) is 17.3. The molecule has 1 fully saturated rings. The molecule has 2 rings (SSSR count). The summed E-state index contributed by atoms with van der Waals surface area (Å²) in [6, 6.07) is 7.88. The second kappa shape index (κ2) is 9.82. The van der Waals surface area contributed by atoms with Gasteiger partial charge in [-0.3, -0.25) is 4.79 Å². The standard InChI is InChI=1S/C17H26N2O2.ClH/c1-13(2)21-12-15-4-3-5-16(10-15)19-17(20)7-6-14-8-9-18-11-14;/h3-5,10,13-14,18H,6-9,11-12H2,1-2H3,(H,19,20);1H. The van der Waals surface area contributed by atoms with Crippen LogP contribution in [0, 0.1) is 5.92 Å². The van der Waals surface area contributed by atoms with Crippen LogP contribution in [-0.4, -0.2) is 25.1 Å². The van der Waals surface area contributed by atoms with Crippen molar-refractivity contribution in [2.75, 3.05) is 18.4 Å². The number of nitrogens with one attached hydrogen (secondary N) is 2. The Morgan fingerprint density at radius 1 is 1.45 bits per heavy atom. The Labute approximate surface area is 139 Å². The molecule has 22 heavy (non-hydrogen) atoms. The summed E-state index contributed by atoms with van der Waals surface area (Å²) in [5, 5.41) is 6.31. The fraction of sp³-hybridized carbons (Fsp3) is 0.588. The molecule has 1 aromatic rings. The Bertz CT molecular complexity index is 460. The second-order valence-corrected chi connectivity index (χ2v) is 6.01. The maximum Gasteiger partial charge on any atom is 0.224 e. The third-order valence-electron chi connectivity index (χ3n) is 3.74. The number of anilines is 1. The first-order valence-electron chi connectivity index (χ1n) is 7.84. The number of carbonyl (C=O) groups is 1. The van der Waals surface area contributed by atoms with Crippen molar-refractivity contribution < 1.29 is 9.53 Å². The van der Waals surface area contributed by atoms with Crippen molar-refractivity contribution in [3.63, 3.8) is 0 Å².